The molecule has 0 spiro atoms. The fourth-order valence-corrected chi connectivity index (χ4v) is 2.64. The fraction of sp³-hybridized carbons (Fsp3) is 0.500. The van der Waals surface area contributed by atoms with Gasteiger partial charge < -0.3 is 9.88 Å². The number of nitrogens with one attached hydrogen (secondary N) is 1. The zero-order valence-corrected chi connectivity index (χ0v) is 10.4. The van der Waals surface area contributed by atoms with E-state index >= 15 is 0 Å². The fourth-order valence-electron chi connectivity index (χ4n) is 2.42. The first kappa shape index (κ1) is 11.3. The summed E-state index contributed by atoms with van der Waals surface area (Å²) in [5.74, 6) is 0.157. The number of carbonyl (C=O) groups excluding carboxylic acids is 1. The SMILES string of the molecule is CC(=O)N1CCC[C@@H]1c1ccc(=S)[nH]c1C. The number of hydrogen-bond donors (Lipinski definition) is 1. The summed E-state index contributed by atoms with van der Waals surface area (Å²) in [5, 5.41) is 0. The number of H-pyrrole nitrogens is 1. The van der Waals surface area contributed by atoms with Gasteiger partial charge in [0.05, 0.1) is 6.04 Å². The molecule has 1 aliphatic heterocycles. The Hall–Kier alpha value is -1.16. The van der Waals surface area contributed by atoms with Crippen molar-refractivity contribution in [1.29, 1.82) is 0 Å². The van der Waals surface area contributed by atoms with Crippen LogP contribution in [0.2, 0.25) is 0 Å². The maximum absolute atomic E-state index is 11.5. The third-order valence-corrected chi connectivity index (χ3v) is 3.41. The Labute approximate surface area is 100 Å². The Kier molecular flexibility index (Phi) is 3.10. The highest BCUT2D eigenvalue weighted by molar-refractivity contribution is 7.71. The second-order valence-electron chi connectivity index (χ2n) is 4.27. The van der Waals surface area contributed by atoms with Gasteiger partial charge in [-0.1, -0.05) is 18.3 Å². The van der Waals surface area contributed by atoms with Crippen LogP contribution in [0.4, 0.5) is 0 Å². The van der Waals surface area contributed by atoms with E-state index in [1.165, 1.54) is 5.56 Å². The molecule has 2 rings (SSSR count). The zero-order chi connectivity index (χ0) is 11.7. The van der Waals surface area contributed by atoms with E-state index in [1.54, 1.807) is 6.92 Å². The number of aromatic nitrogens is 1. The van der Waals surface area contributed by atoms with Gasteiger partial charge in [-0.3, -0.25) is 4.79 Å². The number of amides is 1. The van der Waals surface area contributed by atoms with Crippen LogP contribution in [0.25, 0.3) is 0 Å². The molecule has 1 amide bonds. The summed E-state index contributed by atoms with van der Waals surface area (Å²) >= 11 is 5.08. The molecule has 1 N–H and O–H groups in total. The van der Waals surface area contributed by atoms with Gasteiger partial charge in [-0.15, -0.1) is 0 Å². The minimum Gasteiger partial charge on any atom is -0.350 e. The first-order valence-electron chi connectivity index (χ1n) is 5.56. The Bertz CT molecular complexity index is 466. The van der Waals surface area contributed by atoms with Crippen molar-refractivity contribution in [2.24, 2.45) is 0 Å². The molecule has 1 aromatic rings. The highest BCUT2D eigenvalue weighted by Crippen LogP contribution is 2.32. The van der Waals surface area contributed by atoms with Crippen LogP contribution in [0.5, 0.6) is 0 Å². The molecule has 0 unspecified atom stereocenters. The predicted molar refractivity (Wildman–Crippen MR) is 65.7 cm³/mol. The van der Waals surface area contributed by atoms with Gasteiger partial charge in [0.25, 0.3) is 0 Å². The van der Waals surface area contributed by atoms with Crippen molar-refractivity contribution < 1.29 is 4.79 Å². The van der Waals surface area contributed by atoms with Crippen LogP contribution >= 0.6 is 12.2 Å². The highest BCUT2D eigenvalue weighted by Gasteiger charge is 2.28. The number of nitrogens with zero attached hydrogens (tertiary/aromatic N) is 1. The molecule has 1 fully saturated rings. The predicted octanol–water partition coefficient (Wildman–Crippen LogP) is 2.74. The van der Waals surface area contributed by atoms with Crippen LogP contribution in [0.3, 0.4) is 0 Å². The molecule has 0 radical (unpaired) electrons. The first-order valence-corrected chi connectivity index (χ1v) is 5.97. The zero-order valence-electron chi connectivity index (χ0n) is 9.62. The first-order chi connectivity index (χ1) is 7.59. The molecular weight excluding hydrogens is 220 g/mol. The van der Waals surface area contributed by atoms with E-state index in [0.29, 0.717) is 0 Å². The van der Waals surface area contributed by atoms with Crippen LogP contribution < -0.4 is 0 Å². The van der Waals surface area contributed by atoms with Crippen molar-refractivity contribution in [1.82, 2.24) is 9.88 Å². The topological polar surface area (TPSA) is 36.1 Å². The summed E-state index contributed by atoms with van der Waals surface area (Å²) in [6.07, 6.45) is 2.13. The molecule has 2 heterocycles. The van der Waals surface area contributed by atoms with Gasteiger partial charge in [0.15, 0.2) is 0 Å². The summed E-state index contributed by atoms with van der Waals surface area (Å²) in [5.41, 5.74) is 2.27. The standard InChI is InChI=1S/C12H16N2OS/c1-8-10(5-6-12(16)13-8)11-4-3-7-14(11)9(2)15/h5-6,11H,3-4,7H2,1-2H3,(H,13,16)/t11-/m1/s1. The molecular formula is C12H16N2OS. The van der Waals surface area contributed by atoms with E-state index in [1.807, 2.05) is 24.0 Å². The summed E-state index contributed by atoms with van der Waals surface area (Å²) in [6.45, 7) is 4.52. The van der Waals surface area contributed by atoms with Gasteiger partial charge in [-0.2, -0.15) is 0 Å². The summed E-state index contributed by atoms with van der Waals surface area (Å²) < 4.78 is 0.744. The third kappa shape index (κ3) is 2.02. The molecule has 1 atom stereocenters. The second-order valence-corrected chi connectivity index (χ2v) is 4.71. The van der Waals surface area contributed by atoms with Crippen molar-refractivity contribution in [3.05, 3.63) is 28.0 Å². The van der Waals surface area contributed by atoms with Crippen molar-refractivity contribution in [2.75, 3.05) is 6.54 Å². The van der Waals surface area contributed by atoms with Gasteiger partial charge >= 0.3 is 0 Å². The van der Waals surface area contributed by atoms with E-state index in [4.69, 9.17) is 12.2 Å². The maximum Gasteiger partial charge on any atom is 0.219 e. The van der Waals surface area contributed by atoms with Crippen molar-refractivity contribution >= 4 is 18.1 Å². The lowest BCUT2D eigenvalue weighted by Crippen LogP contribution is -2.28. The normalized spacial score (nSPS) is 20.1. The third-order valence-electron chi connectivity index (χ3n) is 3.17. The lowest BCUT2D eigenvalue weighted by atomic mass is 10.0. The largest absolute Gasteiger partial charge is 0.350 e. The van der Waals surface area contributed by atoms with E-state index in [0.717, 1.165) is 29.7 Å². The van der Waals surface area contributed by atoms with Crippen LogP contribution in [0.15, 0.2) is 12.1 Å². The molecule has 4 heteroatoms. The monoisotopic (exact) mass is 236 g/mol. The van der Waals surface area contributed by atoms with Gasteiger partial charge in [0.2, 0.25) is 5.91 Å². The number of aromatic amines is 1. The summed E-state index contributed by atoms with van der Waals surface area (Å²) in [7, 11) is 0. The van der Waals surface area contributed by atoms with Crippen molar-refractivity contribution in [3.8, 4) is 0 Å². The van der Waals surface area contributed by atoms with Crippen LogP contribution in [-0.4, -0.2) is 22.3 Å². The summed E-state index contributed by atoms with van der Waals surface area (Å²) in [4.78, 5) is 16.6. The Morgan fingerprint density at radius 2 is 2.31 bits per heavy atom. The molecule has 0 aliphatic carbocycles. The van der Waals surface area contributed by atoms with Crippen LogP contribution in [0.1, 0.15) is 37.1 Å². The quantitative estimate of drug-likeness (QED) is 0.761. The van der Waals surface area contributed by atoms with Gasteiger partial charge in [0, 0.05) is 19.2 Å². The Balaban J connectivity index is 2.36. The number of pyridine rings is 1. The van der Waals surface area contributed by atoms with Crippen LogP contribution in [0, 0.1) is 11.6 Å². The molecule has 3 nitrogen and oxygen atoms in total. The minimum absolute atomic E-state index is 0.157. The molecule has 86 valence electrons. The van der Waals surface area contributed by atoms with Gasteiger partial charge in [-0.05, 0) is 31.4 Å². The van der Waals surface area contributed by atoms with Crippen LogP contribution in [-0.2, 0) is 4.79 Å². The van der Waals surface area contributed by atoms with Crippen molar-refractivity contribution in [3.63, 3.8) is 0 Å². The maximum atomic E-state index is 11.5. The Morgan fingerprint density at radius 3 is 2.94 bits per heavy atom. The molecule has 0 saturated carbocycles. The van der Waals surface area contributed by atoms with Crippen molar-refractivity contribution in [2.45, 2.75) is 32.7 Å². The lowest BCUT2D eigenvalue weighted by Gasteiger charge is -2.24. The van der Waals surface area contributed by atoms with E-state index in [9.17, 15) is 4.79 Å². The van der Waals surface area contributed by atoms with E-state index in [-0.39, 0.29) is 11.9 Å². The number of aryl methyl sites for hydroxylation is 1. The molecule has 1 aliphatic rings. The molecule has 1 saturated heterocycles. The smallest absolute Gasteiger partial charge is 0.219 e. The number of rotatable bonds is 1. The van der Waals surface area contributed by atoms with E-state index < -0.39 is 0 Å². The lowest BCUT2D eigenvalue weighted by molar-refractivity contribution is -0.129. The number of carbonyl (C=O) groups is 1. The summed E-state index contributed by atoms with van der Waals surface area (Å²) in [6, 6.07) is 4.17. The molecule has 1 aromatic heterocycles. The average molecular weight is 236 g/mol. The molecule has 16 heavy (non-hydrogen) atoms. The molecule has 0 bridgehead atoms. The van der Waals surface area contributed by atoms with E-state index in [2.05, 4.69) is 4.98 Å². The van der Waals surface area contributed by atoms with Gasteiger partial charge in [-0.25, -0.2) is 0 Å². The Morgan fingerprint density at radius 1 is 1.56 bits per heavy atom. The molecule has 0 aromatic carbocycles. The average Bonchev–Trinajstić information content (AvgIpc) is 2.66. The number of likely N-dealkylation sites (tertiary alicyclic amines) is 1. The number of hydrogen-bond acceptors (Lipinski definition) is 2. The minimum atomic E-state index is 0.157. The van der Waals surface area contributed by atoms with Gasteiger partial charge in [0.1, 0.15) is 4.64 Å². The highest BCUT2D eigenvalue weighted by atomic mass is 32.1. The second kappa shape index (κ2) is 4.37.